The molecule has 3 aromatic rings. The highest BCUT2D eigenvalue weighted by Crippen LogP contribution is 2.69. The van der Waals surface area contributed by atoms with E-state index in [0.29, 0.717) is 11.6 Å². The van der Waals surface area contributed by atoms with Gasteiger partial charge in [0.15, 0.2) is 0 Å². The number of fused-ring (bicyclic) bond motifs is 1. The normalized spacial score (nSPS) is 21.6. The van der Waals surface area contributed by atoms with Crippen molar-refractivity contribution >= 4 is 17.9 Å². The fraction of sp³-hybridized carbons (Fsp3) is 0.250. The second kappa shape index (κ2) is 6.43. The van der Waals surface area contributed by atoms with Gasteiger partial charge in [0.2, 0.25) is 0 Å². The molecule has 0 radical (unpaired) electrons. The molecule has 1 aliphatic heterocycles. The highest BCUT2D eigenvalue weighted by atomic mass is 31.2. The summed E-state index contributed by atoms with van der Waals surface area (Å²) < 4.78 is 0. The van der Waals surface area contributed by atoms with Crippen LogP contribution in [0, 0.1) is 6.92 Å². The highest BCUT2D eigenvalue weighted by Gasteiger charge is 2.53. The first-order valence-corrected chi connectivity index (χ1v) is 11.3. The maximum absolute atomic E-state index is 2.49. The van der Waals surface area contributed by atoms with Crippen LogP contribution in [0.3, 0.4) is 0 Å². The van der Waals surface area contributed by atoms with Crippen molar-refractivity contribution in [1.29, 1.82) is 0 Å². The predicted molar refractivity (Wildman–Crippen MR) is 112 cm³/mol. The molecule has 0 bridgehead atoms. The van der Waals surface area contributed by atoms with Gasteiger partial charge in [-0.2, -0.15) is 0 Å². The van der Waals surface area contributed by atoms with Gasteiger partial charge >= 0.3 is 0 Å². The molecule has 0 saturated heterocycles. The highest BCUT2D eigenvalue weighted by molar-refractivity contribution is 7.89. The molecule has 1 aliphatic rings. The Bertz CT molecular complexity index is 828. The molecule has 0 nitrogen and oxygen atoms in total. The summed E-state index contributed by atoms with van der Waals surface area (Å²) in [4.78, 5) is 0. The van der Waals surface area contributed by atoms with Crippen LogP contribution in [0.1, 0.15) is 36.5 Å². The zero-order valence-electron chi connectivity index (χ0n) is 15.3. The molecule has 25 heavy (non-hydrogen) atoms. The molecule has 126 valence electrons. The Morgan fingerprint density at radius 2 is 1.28 bits per heavy atom. The summed E-state index contributed by atoms with van der Waals surface area (Å²) in [7, 11) is -1.50. The third kappa shape index (κ3) is 2.55. The van der Waals surface area contributed by atoms with E-state index in [4.69, 9.17) is 0 Å². The second-order valence-corrected chi connectivity index (χ2v) is 11.3. The van der Waals surface area contributed by atoms with E-state index < -0.39 is 7.26 Å². The molecule has 0 spiro atoms. The van der Waals surface area contributed by atoms with Crippen molar-refractivity contribution in [3.05, 3.63) is 95.6 Å². The molecular weight excluding hydrogens is 319 g/mol. The summed E-state index contributed by atoms with van der Waals surface area (Å²) in [5.74, 6) is 0.581. The van der Waals surface area contributed by atoms with E-state index in [1.165, 1.54) is 11.7 Å². The van der Waals surface area contributed by atoms with Crippen LogP contribution in [0.5, 0.6) is 0 Å². The minimum absolute atomic E-state index is 0.581. The van der Waals surface area contributed by atoms with Crippen LogP contribution < -0.4 is 10.6 Å². The van der Waals surface area contributed by atoms with Crippen LogP contribution >= 0.6 is 7.26 Å². The molecule has 0 N–H and O–H groups in total. The standard InChI is InChI=1S/C24H26P/c1-18-11-10-16-23-19(2)20(3)25(17-24(18)23,21-12-6-4-7-13-21)22-14-8-5-9-15-22/h4-16,19-20H,17H2,1-3H3/q+1. The smallest absolute Gasteiger partial charge is 0.0620 e. The zero-order chi connectivity index (χ0) is 17.4. The predicted octanol–water partition coefficient (Wildman–Crippen LogP) is 5.67. The van der Waals surface area contributed by atoms with Crippen molar-refractivity contribution in [3.63, 3.8) is 0 Å². The third-order valence-electron chi connectivity index (χ3n) is 6.20. The van der Waals surface area contributed by atoms with Crippen molar-refractivity contribution in [2.45, 2.75) is 38.5 Å². The molecule has 0 fully saturated rings. The van der Waals surface area contributed by atoms with E-state index >= 15 is 0 Å². The van der Waals surface area contributed by atoms with E-state index in [0.717, 1.165) is 0 Å². The maximum atomic E-state index is 2.49. The van der Waals surface area contributed by atoms with Crippen molar-refractivity contribution < 1.29 is 0 Å². The van der Waals surface area contributed by atoms with Gasteiger partial charge in [-0.1, -0.05) is 61.5 Å². The van der Waals surface area contributed by atoms with Gasteiger partial charge < -0.3 is 0 Å². The van der Waals surface area contributed by atoms with Crippen LogP contribution in [-0.4, -0.2) is 5.66 Å². The van der Waals surface area contributed by atoms with Gasteiger partial charge in [0.1, 0.15) is 0 Å². The van der Waals surface area contributed by atoms with Gasteiger partial charge in [-0.05, 0) is 54.8 Å². The lowest BCUT2D eigenvalue weighted by atomic mass is 9.91. The lowest BCUT2D eigenvalue weighted by Gasteiger charge is -2.41. The molecule has 0 amide bonds. The Labute approximate surface area is 152 Å². The quantitative estimate of drug-likeness (QED) is 0.525. The largest absolute Gasteiger partial charge is 0.0998 e. The Kier molecular flexibility index (Phi) is 4.26. The lowest BCUT2D eigenvalue weighted by Crippen LogP contribution is -2.37. The summed E-state index contributed by atoms with van der Waals surface area (Å²) in [6, 6.07) is 29.5. The summed E-state index contributed by atoms with van der Waals surface area (Å²) in [5, 5.41) is 3.10. The number of benzene rings is 3. The SMILES string of the molecule is Cc1cccc2c1C[P+](c1ccccc1)(c1ccccc1)C(C)C2C. The van der Waals surface area contributed by atoms with Crippen LogP contribution in [0.4, 0.5) is 0 Å². The Hall–Kier alpha value is -1.91. The first kappa shape index (κ1) is 16.6. The molecule has 2 atom stereocenters. The summed E-state index contributed by atoms with van der Waals surface area (Å²) in [5.41, 5.74) is 5.25. The van der Waals surface area contributed by atoms with E-state index in [-0.39, 0.29) is 0 Å². The van der Waals surface area contributed by atoms with Gasteiger partial charge in [0, 0.05) is 5.92 Å². The Morgan fingerprint density at radius 3 is 1.84 bits per heavy atom. The molecule has 0 aliphatic carbocycles. The average Bonchev–Trinajstić information content (AvgIpc) is 2.67. The van der Waals surface area contributed by atoms with Crippen molar-refractivity contribution in [1.82, 2.24) is 0 Å². The minimum atomic E-state index is -1.50. The summed E-state index contributed by atoms with van der Waals surface area (Å²) in [6.45, 7) is 7.21. The fourth-order valence-corrected chi connectivity index (χ4v) is 9.75. The van der Waals surface area contributed by atoms with Gasteiger partial charge in [-0.15, -0.1) is 0 Å². The average molecular weight is 345 g/mol. The lowest BCUT2D eigenvalue weighted by molar-refractivity contribution is 0.715. The van der Waals surface area contributed by atoms with E-state index in [2.05, 4.69) is 99.6 Å². The van der Waals surface area contributed by atoms with Crippen molar-refractivity contribution in [3.8, 4) is 0 Å². The fourth-order valence-electron chi connectivity index (χ4n) is 4.59. The van der Waals surface area contributed by atoms with Crippen molar-refractivity contribution in [2.75, 3.05) is 0 Å². The zero-order valence-corrected chi connectivity index (χ0v) is 16.2. The monoisotopic (exact) mass is 345 g/mol. The number of rotatable bonds is 2. The first-order chi connectivity index (χ1) is 12.1. The van der Waals surface area contributed by atoms with Crippen molar-refractivity contribution in [2.24, 2.45) is 0 Å². The van der Waals surface area contributed by atoms with Crippen LogP contribution in [0.25, 0.3) is 0 Å². The molecule has 0 saturated carbocycles. The first-order valence-electron chi connectivity index (χ1n) is 9.22. The minimum Gasteiger partial charge on any atom is -0.0620 e. The number of aryl methyl sites for hydroxylation is 1. The van der Waals surface area contributed by atoms with E-state index in [1.807, 2.05) is 0 Å². The van der Waals surface area contributed by atoms with Crippen LogP contribution in [-0.2, 0) is 6.16 Å². The number of hydrogen-bond donors (Lipinski definition) is 0. The maximum Gasteiger partial charge on any atom is 0.0998 e. The third-order valence-corrected chi connectivity index (χ3v) is 11.3. The van der Waals surface area contributed by atoms with E-state index in [9.17, 15) is 0 Å². The molecule has 0 aromatic heterocycles. The van der Waals surface area contributed by atoms with Gasteiger partial charge in [0.05, 0.1) is 29.7 Å². The van der Waals surface area contributed by atoms with Crippen LogP contribution in [0.2, 0.25) is 0 Å². The van der Waals surface area contributed by atoms with Gasteiger partial charge in [0.25, 0.3) is 0 Å². The van der Waals surface area contributed by atoms with E-state index in [1.54, 1.807) is 21.7 Å². The van der Waals surface area contributed by atoms with Gasteiger partial charge in [-0.3, -0.25) is 0 Å². The summed E-state index contributed by atoms with van der Waals surface area (Å²) >= 11 is 0. The molecule has 1 heteroatoms. The molecular formula is C24H26P+. The van der Waals surface area contributed by atoms with Gasteiger partial charge in [-0.25, -0.2) is 0 Å². The number of hydrogen-bond acceptors (Lipinski definition) is 0. The summed E-state index contributed by atoms with van der Waals surface area (Å²) in [6.07, 6.45) is 1.19. The van der Waals surface area contributed by atoms with Crippen LogP contribution in [0.15, 0.2) is 78.9 Å². The molecule has 1 heterocycles. The Balaban J connectivity index is 2.01. The Morgan fingerprint density at radius 1 is 0.720 bits per heavy atom. The molecule has 3 aromatic carbocycles. The molecule has 4 rings (SSSR count). The second-order valence-electron chi connectivity index (χ2n) is 7.37. The molecule has 2 unspecified atom stereocenters. The topological polar surface area (TPSA) is 0 Å².